The molecular weight excluding hydrogens is 1810 g/mol. The lowest BCUT2D eigenvalue weighted by Gasteiger charge is -2.12. The number of hydrogen-bond acceptors (Lipinski definition) is 9. The predicted octanol–water partition coefficient (Wildman–Crippen LogP) is 34.8. The second-order valence-corrected chi connectivity index (χ2v) is 37.8. The summed E-state index contributed by atoms with van der Waals surface area (Å²) in [5.41, 5.74) is 21.1. The van der Waals surface area contributed by atoms with Gasteiger partial charge in [0, 0.05) is 99.5 Å². The highest BCUT2D eigenvalue weighted by atomic mass is 15.1. The molecule has 0 saturated carbocycles. The minimum Gasteiger partial charge on any atom is -0.309 e. The maximum Gasteiger partial charge on any atom is 0.164 e. The van der Waals surface area contributed by atoms with Gasteiger partial charge in [0.25, 0.3) is 0 Å². The molecule has 24 aromatic carbocycles. The molecule has 6 heterocycles. The van der Waals surface area contributed by atoms with E-state index in [4.69, 9.17) is 44.9 Å². The Morgan fingerprint density at radius 1 is 0.107 bits per heavy atom. The fourth-order valence-corrected chi connectivity index (χ4v) is 21.9. The Labute approximate surface area is 856 Å². The summed E-state index contributed by atoms with van der Waals surface area (Å²) in [4.78, 5) is 45.1. The number of fused-ring (bicyclic) bond motifs is 23. The highest BCUT2D eigenvalue weighted by Crippen LogP contribution is 2.47. The van der Waals surface area contributed by atoms with Crippen LogP contribution in [-0.4, -0.2) is 58.6 Å². The minimum atomic E-state index is 0.635. The Hall–Kier alpha value is -20.2. The smallest absolute Gasteiger partial charge is 0.164 e. The second-order valence-electron chi connectivity index (χ2n) is 37.8. The van der Waals surface area contributed by atoms with Crippen LogP contribution < -0.4 is 0 Å². The highest BCUT2D eigenvalue weighted by molar-refractivity contribution is 6.31. The van der Waals surface area contributed by atoms with Crippen LogP contribution in [0, 0.1) is 0 Å². The van der Waals surface area contributed by atoms with Gasteiger partial charge in [0.2, 0.25) is 0 Å². The molecule has 12 nitrogen and oxygen atoms in total. The standard InChI is InChI=1S/C47H30N4.2C45H28N4/c1-3-11-31(12-4-1)32-19-21-36(22-20-32)46-48-45(35-15-5-2-6-16-35)49-47(50-46)37-23-27-38(28-24-37)51-41-29-25-33-13-7-9-17-39(33)43(41)44-40-18-10-8-14-34(40)26-30-42(44)51;1-2-14-32(15-3-1)43-46-44(48-45(47-43)35-22-21-29-11-4-5-16-33(29)27-35)34-17-10-18-36(28-34)49-39-25-23-30-12-6-8-19-37(30)41(39)42-38-20-9-7-13-31(38)24-26-40(42)49;1-2-13-32(14-3-1)43-46-44(48-45(47-43)35-19-18-29-10-4-5-15-34(29)28-35)33-20-24-36(25-21-33)49-39-26-22-30-11-6-8-16-37(30)41(39)42-38-17-9-7-12-31(38)23-27-40(42)49/h1-30H;2*1-28H. The van der Waals surface area contributed by atoms with Crippen LogP contribution in [0.1, 0.15) is 0 Å². The van der Waals surface area contributed by atoms with Crippen LogP contribution in [0.15, 0.2) is 522 Å². The average molecular weight is 1900 g/mol. The van der Waals surface area contributed by atoms with Crippen molar-refractivity contribution in [1.82, 2.24) is 58.6 Å². The fourth-order valence-electron chi connectivity index (χ4n) is 21.9. The van der Waals surface area contributed by atoms with Crippen molar-refractivity contribution in [2.24, 2.45) is 0 Å². The van der Waals surface area contributed by atoms with Crippen molar-refractivity contribution in [3.8, 4) is 131 Å². The molecule has 0 atom stereocenters. The molecule has 0 bridgehead atoms. The van der Waals surface area contributed by atoms with Crippen molar-refractivity contribution in [3.05, 3.63) is 522 Å². The van der Waals surface area contributed by atoms with Gasteiger partial charge in [-0.15, -0.1) is 0 Å². The zero-order valence-corrected chi connectivity index (χ0v) is 80.5. The van der Waals surface area contributed by atoms with Gasteiger partial charge in [-0.05, 0) is 207 Å². The van der Waals surface area contributed by atoms with Crippen LogP contribution in [0.3, 0.4) is 0 Å². The van der Waals surface area contributed by atoms with E-state index in [1.165, 1.54) is 146 Å². The summed E-state index contributed by atoms with van der Waals surface area (Å²) in [5.74, 6) is 5.80. The largest absolute Gasteiger partial charge is 0.309 e. The van der Waals surface area contributed by atoms with Gasteiger partial charge in [0.15, 0.2) is 52.4 Å². The van der Waals surface area contributed by atoms with Crippen LogP contribution in [0.25, 0.3) is 282 Å². The normalized spacial score (nSPS) is 11.6. The van der Waals surface area contributed by atoms with Crippen LogP contribution in [0.5, 0.6) is 0 Å². The zero-order chi connectivity index (χ0) is 98.4. The topological polar surface area (TPSA) is 131 Å². The third kappa shape index (κ3) is 15.6. The van der Waals surface area contributed by atoms with Crippen LogP contribution in [0.4, 0.5) is 0 Å². The Bertz CT molecular complexity index is 10300. The Balaban J connectivity index is 0.000000108. The van der Waals surface area contributed by atoms with E-state index in [2.05, 4.69) is 438 Å². The molecule has 0 aliphatic heterocycles. The molecule has 30 rings (SSSR count). The molecule has 0 N–H and O–H groups in total. The lowest BCUT2D eigenvalue weighted by atomic mass is 10.00. The molecule has 12 heteroatoms. The lowest BCUT2D eigenvalue weighted by molar-refractivity contribution is 1.07. The average Bonchev–Trinajstić information content (AvgIpc) is 1.56. The molecule has 0 aliphatic carbocycles. The zero-order valence-electron chi connectivity index (χ0n) is 80.5. The number of rotatable bonds is 13. The summed E-state index contributed by atoms with van der Waals surface area (Å²) < 4.78 is 7.16. The molecule has 30 aromatic rings. The maximum absolute atomic E-state index is 5.10. The van der Waals surface area contributed by atoms with Gasteiger partial charge in [-0.2, -0.15) is 0 Å². The van der Waals surface area contributed by atoms with Crippen LogP contribution in [0.2, 0.25) is 0 Å². The Morgan fingerprint density at radius 2 is 0.289 bits per heavy atom. The van der Waals surface area contributed by atoms with Gasteiger partial charge in [0.05, 0.1) is 33.1 Å². The van der Waals surface area contributed by atoms with Crippen molar-refractivity contribution in [3.63, 3.8) is 0 Å². The Kier molecular flexibility index (Phi) is 21.3. The van der Waals surface area contributed by atoms with E-state index in [-0.39, 0.29) is 0 Å². The van der Waals surface area contributed by atoms with Crippen molar-refractivity contribution in [1.29, 1.82) is 0 Å². The third-order valence-electron chi connectivity index (χ3n) is 29.0. The summed E-state index contributed by atoms with van der Waals surface area (Å²) in [7, 11) is 0. The highest BCUT2D eigenvalue weighted by Gasteiger charge is 2.26. The molecule has 0 saturated heterocycles. The molecule has 694 valence electrons. The van der Waals surface area contributed by atoms with Gasteiger partial charge in [-0.25, -0.2) is 44.9 Å². The van der Waals surface area contributed by atoms with E-state index in [1.54, 1.807) is 0 Å². The van der Waals surface area contributed by atoms with E-state index in [0.717, 1.165) is 83.5 Å². The molecule has 0 spiro atoms. The van der Waals surface area contributed by atoms with Crippen LogP contribution >= 0.6 is 0 Å². The quantitative estimate of drug-likeness (QED) is 0.111. The first-order valence-electron chi connectivity index (χ1n) is 50.3. The van der Waals surface area contributed by atoms with E-state index in [9.17, 15) is 0 Å². The first-order chi connectivity index (χ1) is 73.8. The molecule has 0 radical (unpaired) electrons. The summed E-state index contributed by atoms with van der Waals surface area (Å²) in [6.45, 7) is 0. The van der Waals surface area contributed by atoms with Gasteiger partial charge in [0.1, 0.15) is 0 Å². The molecule has 6 aromatic heterocycles. The van der Waals surface area contributed by atoms with Crippen molar-refractivity contribution >= 4 is 152 Å². The van der Waals surface area contributed by atoms with E-state index < -0.39 is 0 Å². The fraction of sp³-hybridized carbons (Fsp3) is 0. The van der Waals surface area contributed by atoms with Gasteiger partial charge < -0.3 is 13.7 Å². The van der Waals surface area contributed by atoms with E-state index in [0.29, 0.717) is 52.4 Å². The van der Waals surface area contributed by atoms with Crippen molar-refractivity contribution in [2.75, 3.05) is 0 Å². The molecule has 0 unspecified atom stereocenters. The third-order valence-corrected chi connectivity index (χ3v) is 29.0. The first-order valence-corrected chi connectivity index (χ1v) is 50.3. The lowest BCUT2D eigenvalue weighted by Crippen LogP contribution is -2.01. The second kappa shape index (κ2) is 36.6. The molecule has 0 aliphatic rings. The van der Waals surface area contributed by atoms with E-state index in [1.807, 2.05) is 97.1 Å². The molecule has 149 heavy (non-hydrogen) atoms. The van der Waals surface area contributed by atoms with Gasteiger partial charge >= 0.3 is 0 Å². The molecule has 0 amide bonds. The summed E-state index contributed by atoms with van der Waals surface area (Å²) in [5, 5.41) is 27.3. The number of nitrogens with zero attached hydrogens (tertiary/aromatic N) is 12. The van der Waals surface area contributed by atoms with Crippen molar-refractivity contribution in [2.45, 2.75) is 0 Å². The summed E-state index contributed by atoms with van der Waals surface area (Å²) in [6.07, 6.45) is 0. The van der Waals surface area contributed by atoms with Crippen molar-refractivity contribution < 1.29 is 0 Å². The summed E-state index contributed by atoms with van der Waals surface area (Å²) in [6, 6.07) is 184. The predicted molar refractivity (Wildman–Crippen MR) is 617 cm³/mol. The van der Waals surface area contributed by atoms with Crippen LogP contribution in [-0.2, 0) is 0 Å². The monoisotopic (exact) mass is 1900 g/mol. The SMILES string of the molecule is c1ccc(-c2ccc(-c3nc(-c4ccccc4)nc(-c4ccc(-n5c6ccc7ccccc7c6c6c7ccccc7ccc65)cc4)n3)cc2)cc1.c1ccc(-c2nc(-c3ccc(-n4c5ccc6ccccc6c5c5c6ccccc6ccc54)cc3)nc(-c3ccc4ccccc4c3)n2)cc1.c1ccc(-c2nc(-c3cccc(-n4c5ccc6ccccc6c5c5c6ccccc6ccc54)c3)nc(-c3ccc4ccccc4c3)n2)cc1. The number of aromatic nitrogens is 12. The number of benzene rings is 24. The number of hydrogen-bond donors (Lipinski definition) is 0. The maximum atomic E-state index is 5.10. The minimum absolute atomic E-state index is 0.635. The van der Waals surface area contributed by atoms with Gasteiger partial charge in [-0.3, -0.25) is 0 Å². The summed E-state index contributed by atoms with van der Waals surface area (Å²) >= 11 is 0. The molecular formula is C137H86N12. The first kappa shape index (κ1) is 86.7. The Morgan fingerprint density at radius 3 is 0.570 bits per heavy atom. The van der Waals surface area contributed by atoms with E-state index >= 15 is 0 Å². The van der Waals surface area contributed by atoms with Gasteiger partial charge in [-0.1, -0.05) is 413 Å². The molecule has 0 fully saturated rings.